The smallest absolute Gasteiger partial charge is 0.108 e. The predicted octanol–water partition coefficient (Wildman–Crippen LogP) is 1.17. The molecule has 0 aliphatic heterocycles. The summed E-state index contributed by atoms with van der Waals surface area (Å²) in [6, 6.07) is 5.31. The van der Waals surface area contributed by atoms with Crippen molar-refractivity contribution in [2.75, 3.05) is 6.54 Å². The second kappa shape index (κ2) is 4.43. The van der Waals surface area contributed by atoms with Gasteiger partial charge in [-0.05, 0) is 12.1 Å². The van der Waals surface area contributed by atoms with Crippen molar-refractivity contribution in [2.24, 2.45) is 5.73 Å². The molecule has 0 spiro atoms. The van der Waals surface area contributed by atoms with Crippen LogP contribution in [0, 0.1) is 0 Å². The van der Waals surface area contributed by atoms with Crippen LogP contribution in [0.3, 0.4) is 0 Å². The van der Waals surface area contributed by atoms with E-state index in [9.17, 15) is 10.2 Å². The average Bonchev–Trinajstić information content (AvgIpc) is 2.69. The molecule has 2 unspecified atom stereocenters. The topological polar surface area (TPSA) is 82.3 Å². The Kier molecular flexibility index (Phi) is 3.16. The van der Waals surface area contributed by atoms with E-state index in [4.69, 9.17) is 17.3 Å². The van der Waals surface area contributed by atoms with Gasteiger partial charge < -0.3 is 20.9 Å². The van der Waals surface area contributed by atoms with E-state index in [1.807, 2.05) is 0 Å². The van der Waals surface area contributed by atoms with Crippen molar-refractivity contribution < 1.29 is 10.2 Å². The van der Waals surface area contributed by atoms with Crippen LogP contribution < -0.4 is 5.73 Å². The van der Waals surface area contributed by atoms with Gasteiger partial charge in [-0.3, -0.25) is 0 Å². The molecule has 0 saturated heterocycles. The third-order valence-corrected chi connectivity index (χ3v) is 2.84. The van der Waals surface area contributed by atoms with Crippen molar-refractivity contribution in [2.45, 2.75) is 12.2 Å². The second-order valence-electron chi connectivity index (χ2n) is 3.68. The SMILES string of the molecule is NCC(O)C(O)c1c[nH]c2cc(Cl)ccc12. The lowest BCUT2D eigenvalue weighted by Gasteiger charge is -2.15. The summed E-state index contributed by atoms with van der Waals surface area (Å²) in [7, 11) is 0. The fourth-order valence-corrected chi connectivity index (χ4v) is 1.87. The first-order valence-electron chi connectivity index (χ1n) is 4.96. The number of benzene rings is 1. The summed E-state index contributed by atoms with van der Waals surface area (Å²) in [5.41, 5.74) is 6.76. The van der Waals surface area contributed by atoms with Crippen molar-refractivity contribution in [1.82, 2.24) is 4.98 Å². The first-order chi connectivity index (χ1) is 7.63. The molecule has 1 heterocycles. The minimum Gasteiger partial charge on any atom is -0.389 e. The van der Waals surface area contributed by atoms with Gasteiger partial charge in [-0.15, -0.1) is 0 Å². The highest BCUT2D eigenvalue weighted by Crippen LogP contribution is 2.27. The Balaban J connectivity index is 2.45. The minimum atomic E-state index is -0.986. The van der Waals surface area contributed by atoms with E-state index in [2.05, 4.69) is 4.98 Å². The molecule has 1 aromatic carbocycles. The maximum Gasteiger partial charge on any atom is 0.108 e. The summed E-state index contributed by atoms with van der Waals surface area (Å²) in [5, 5.41) is 20.8. The van der Waals surface area contributed by atoms with Gasteiger partial charge in [0.25, 0.3) is 0 Å². The summed E-state index contributed by atoms with van der Waals surface area (Å²) in [5.74, 6) is 0. The predicted molar refractivity (Wildman–Crippen MR) is 63.3 cm³/mol. The first-order valence-corrected chi connectivity index (χ1v) is 5.34. The highest BCUT2D eigenvalue weighted by atomic mass is 35.5. The maximum absolute atomic E-state index is 9.86. The van der Waals surface area contributed by atoms with Crippen LogP contribution in [0.25, 0.3) is 10.9 Å². The van der Waals surface area contributed by atoms with Crippen LogP contribution in [0.4, 0.5) is 0 Å². The third kappa shape index (κ3) is 1.92. The van der Waals surface area contributed by atoms with E-state index in [1.165, 1.54) is 0 Å². The minimum absolute atomic E-state index is 0.0153. The molecule has 16 heavy (non-hydrogen) atoms. The van der Waals surface area contributed by atoms with Crippen molar-refractivity contribution >= 4 is 22.5 Å². The van der Waals surface area contributed by atoms with Crippen LogP contribution >= 0.6 is 11.6 Å². The fourth-order valence-electron chi connectivity index (χ4n) is 1.70. The summed E-state index contributed by atoms with van der Waals surface area (Å²) in [4.78, 5) is 2.99. The number of nitrogens with two attached hydrogens (primary N) is 1. The lowest BCUT2D eigenvalue weighted by atomic mass is 10.0. The van der Waals surface area contributed by atoms with Crippen LogP contribution in [0.2, 0.25) is 5.02 Å². The lowest BCUT2D eigenvalue weighted by molar-refractivity contribution is 0.0252. The lowest BCUT2D eigenvalue weighted by Crippen LogP contribution is -2.26. The highest BCUT2D eigenvalue weighted by molar-refractivity contribution is 6.31. The van der Waals surface area contributed by atoms with Gasteiger partial charge in [0, 0.05) is 34.2 Å². The normalized spacial score (nSPS) is 15.2. The number of hydrogen-bond donors (Lipinski definition) is 4. The molecule has 4 nitrogen and oxygen atoms in total. The Bertz CT molecular complexity index is 498. The van der Waals surface area contributed by atoms with Crippen LogP contribution in [0.15, 0.2) is 24.4 Å². The maximum atomic E-state index is 9.86. The molecule has 0 fully saturated rings. The van der Waals surface area contributed by atoms with Crippen LogP contribution in [0.1, 0.15) is 11.7 Å². The average molecular weight is 241 g/mol. The van der Waals surface area contributed by atoms with Crippen molar-refractivity contribution in [1.29, 1.82) is 0 Å². The second-order valence-corrected chi connectivity index (χ2v) is 4.12. The zero-order valence-electron chi connectivity index (χ0n) is 8.52. The summed E-state index contributed by atoms with van der Waals surface area (Å²) >= 11 is 5.85. The van der Waals surface area contributed by atoms with E-state index in [0.29, 0.717) is 10.6 Å². The highest BCUT2D eigenvalue weighted by Gasteiger charge is 2.19. The number of fused-ring (bicyclic) bond motifs is 1. The van der Waals surface area contributed by atoms with Gasteiger partial charge in [0.15, 0.2) is 0 Å². The summed E-state index contributed by atoms with van der Waals surface area (Å²) in [6.07, 6.45) is -0.292. The number of aliphatic hydroxyl groups is 2. The van der Waals surface area contributed by atoms with E-state index in [0.717, 1.165) is 10.9 Å². The molecule has 2 aromatic rings. The van der Waals surface area contributed by atoms with Crippen LogP contribution in [-0.2, 0) is 0 Å². The Labute approximate surface area is 97.6 Å². The third-order valence-electron chi connectivity index (χ3n) is 2.60. The fraction of sp³-hybridized carbons (Fsp3) is 0.273. The largest absolute Gasteiger partial charge is 0.389 e. The van der Waals surface area contributed by atoms with Gasteiger partial charge in [-0.2, -0.15) is 0 Å². The monoisotopic (exact) mass is 240 g/mol. The Morgan fingerprint density at radius 3 is 2.81 bits per heavy atom. The van der Waals surface area contributed by atoms with Crippen molar-refractivity contribution in [3.63, 3.8) is 0 Å². The number of H-pyrrole nitrogens is 1. The molecule has 1 aromatic heterocycles. The van der Waals surface area contributed by atoms with Gasteiger partial charge in [-0.1, -0.05) is 17.7 Å². The zero-order valence-corrected chi connectivity index (χ0v) is 9.28. The molecule has 5 heteroatoms. The quantitative estimate of drug-likeness (QED) is 0.650. The molecule has 2 rings (SSSR count). The van der Waals surface area contributed by atoms with Gasteiger partial charge in [-0.25, -0.2) is 0 Å². The van der Waals surface area contributed by atoms with E-state index in [-0.39, 0.29) is 6.54 Å². The Hall–Kier alpha value is -1.07. The Morgan fingerprint density at radius 2 is 2.12 bits per heavy atom. The number of nitrogens with one attached hydrogen (secondary N) is 1. The van der Waals surface area contributed by atoms with Crippen LogP contribution in [-0.4, -0.2) is 27.8 Å². The van der Waals surface area contributed by atoms with Crippen molar-refractivity contribution in [3.05, 3.63) is 35.0 Å². The number of aromatic nitrogens is 1. The van der Waals surface area contributed by atoms with E-state index in [1.54, 1.807) is 24.4 Å². The number of rotatable bonds is 3. The van der Waals surface area contributed by atoms with Gasteiger partial charge >= 0.3 is 0 Å². The molecule has 86 valence electrons. The first kappa shape index (κ1) is 11.4. The molecule has 2 atom stereocenters. The molecule has 0 amide bonds. The van der Waals surface area contributed by atoms with E-state index < -0.39 is 12.2 Å². The van der Waals surface area contributed by atoms with Gasteiger partial charge in [0.1, 0.15) is 6.10 Å². The van der Waals surface area contributed by atoms with E-state index >= 15 is 0 Å². The molecule has 0 aliphatic carbocycles. The molecule has 0 aliphatic rings. The van der Waals surface area contributed by atoms with Crippen molar-refractivity contribution in [3.8, 4) is 0 Å². The van der Waals surface area contributed by atoms with Gasteiger partial charge in [0.2, 0.25) is 0 Å². The zero-order chi connectivity index (χ0) is 11.7. The standard InChI is InChI=1S/C11H13ClN2O2/c12-6-1-2-7-8(5-14-9(7)3-6)11(16)10(15)4-13/h1-3,5,10-11,14-16H,4,13H2. The summed E-state index contributed by atoms with van der Waals surface area (Å²) < 4.78 is 0. The molecular weight excluding hydrogens is 228 g/mol. The number of aromatic amines is 1. The molecule has 0 saturated carbocycles. The Morgan fingerprint density at radius 1 is 1.38 bits per heavy atom. The molecule has 5 N–H and O–H groups in total. The number of halogens is 1. The number of aliphatic hydroxyl groups excluding tert-OH is 2. The number of hydrogen-bond acceptors (Lipinski definition) is 3. The molecule has 0 radical (unpaired) electrons. The molecule has 0 bridgehead atoms. The van der Waals surface area contributed by atoms with Gasteiger partial charge in [0.05, 0.1) is 6.10 Å². The van der Waals surface area contributed by atoms with Crippen LogP contribution in [0.5, 0.6) is 0 Å². The summed E-state index contributed by atoms with van der Waals surface area (Å²) in [6.45, 7) is 0.0153. The molecular formula is C11H13ClN2O2.